The largest absolute Gasteiger partial charge is 1.00 e. The number of amides is 1. The zero-order valence-electron chi connectivity index (χ0n) is 22.2. The molecule has 1 amide bonds. The highest BCUT2D eigenvalue weighted by molar-refractivity contribution is 7.89. The number of piperidine rings is 1. The average Bonchev–Trinajstić information content (AvgIpc) is 3.36. The van der Waals surface area contributed by atoms with Crippen molar-refractivity contribution in [3.63, 3.8) is 0 Å². The maximum atomic E-state index is 13.8. The SMILES string of the molecule is CCOc1cccc2sc(N(CCN(CC)CC)C(=O)c3ccc(S(=O)(=O)N4CCCCC4)cc3)nc12.[Cl-]. The molecule has 0 radical (unpaired) electrons. The van der Waals surface area contributed by atoms with E-state index in [4.69, 9.17) is 9.72 Å². The molecule has 208 valence electrons. The Morgan fingerprint density at radius 1 is 1.00 bits per heavy atom. The number of para-hydroxylation sites is 1. The summed E-state index contributed by atoms with van der Waals surface area (Å²) in [6.07, 6.45) is 2.82. The Morgan fingerprint density at radius 3 is 2.32 bits per heavy atom. The fourth-order valence-electron chi connectivity index (χ4n) is 4.54. The van der Waals surface area contributed by atoms with Crippen molar-refractivity contribution < 1.29 is 30.4 Å². The van der Waals surface area contributed by atoms with Gasteiger partial charge in [-0.1, -0.05) is 37.7 Å². The smallest absolute Gasteiger partial charge is 0.260 e. The maximum absolute atomic E-state index is 13.8. The number of aromatic nitrogens is 1. The van der Waals surface area contributed by atoms with E-state index < -0.39 is 10.0 Å². The third-order valence-corrected chi connectivity index (χ3v) is 9.69. The van der Waals surface area contributed by atoms with Gasteiger partial charge in [-0.05, 0) is 69.3 Å². The lowest BCUT2D eigenvalue weighted by Gasteiger charge is -2.26. The molecule has 1 aliphatic heterocycles. The number of anilines is 1. The van der Waals surface area contributed by atoms with Crippen molar-refractivity contribution in [2.75, 3.05) is 50.8 Å². The molecule has 0 N–H and O–H groups in total. The topological polar surface area (TPSA) is 83.0 Å². The summed E-state index contributed by atoms with van der Waals surface area (Å²) in [7, 11) is -3.56. The molecule has 1 aromatic heterocycles. The van der Waals surface area contributed by atoms with Gasteiger partial charge in [-0.2, -0.15) is 4.31 Å². The summed E-state index contributed by atoms with van der Waals surface area (Å²) in [4.78, 5) is 22.8. The van der Waals surface area contributed by atoms with E-state index in [1.807, 2.05) is 25.1 Å². The summed E-state index contributed by atoms with van der Waals surface area (Å²) in [5.41, 5.74) is 1.18. The number of nitrogens with zero attached hydrogens (tertiary/aromatic N) is 4. The van der Waals surface area contributed by atoms with Gasteiger partial charge in [0, 0.05) is 31.7 Å². The molecule has 0 bridgehead atoms. The van der Waals surface area contributed by atoms with Crippen molar-refractivity contribution in [1.29, 1.82) is 0 Å². The number of hydrogen-bond donors (Lipinski definition) is 0. The minimum Gasteiger partial charge on any atom is -1.00 e. The van der Waals surface area contributed by atoms with E-state index >= 15 is 0 Å². The van der Waals surface area contributed by atoms with Gasteiger partial charge >= 0.3 is 0 Å². The lowest BCUT2D eigenvalue weighted by molar-refractivity contribution is -0.0000182. The molecule has 8 nitrogen and oxygen atoms in total. The molecule has 0 saturated carbocycles. The van der Waals surface area contributed by atoms with E-state index in [0.717, 1.165) is 42.6 Å². The number of likely N-dealkylation sites (N-methyl/N-ethyl adjacent to an activating group) is 1. The van der Waals surface area contributed by atoms with E-state index in [1.54, 1.807) is 33.5 Å². The molecule has 3 aromatic rings. The van der Waals surface area contributed by atoms with Crippen LogP contribution in [0.15, 0.2) is 47.4 Å². The highest BCUT2D eigenvalue weighted by Gasteiger charge is 2.27. The van der Waals surface area contributed by atoms with Crippen LogP contribution in [-0.4, -0.2) is 74.4 Å². The second-order valence-corrected chi connectivity index (χ2v) is 12.0. The minimum absolute atomic E-state index is 0. The van der Waals surface area contributed by atoms with Crippen LogP contribution >= 0.6 is 11.3 Å². The van der Waals surface area contributed by atoms with Gasteiger partial charge in [0.15, 0.2) is 5.13 Å². The van der Waals surface area contributed by atoms with Gasteiger partial charge in [0.1, 0.15) is 11.3 Å². The summed E-state index contributed by atoms with van der Waals surface area (Å²) in [5, 5.41) is 0.601. The van der Waals surface area contributed by atoms with Crippen LogP contribution in [0.1, 0.15) is 50.4 Å². The second kappa shape index (κ2) is 13.7. The van der Waals surface area contributed by atoms with Crippen molar-refractivity contribution in [2.24, 2.45) is 0 Å². The number of halogens is 1. The molecular weight excluding hydrogens is 544 g/mol. The first-order chi connectivity index (χ1) is 17.9. The summed E-state index contributed by atoms with van der Waals surface area (Å²) < 4.78 is 34.4. The minimum atomic E-state index is -3.56. The van der Waals surface area contributed by atoms with Crippen LogP contribution in [0.3, 0.4) is 0 Å². The van der Waals surface area contributed by atoms with Gasteiger partial charge in [0.2, 0.25) is 10.0 Å². The van der Waals surface area contributed by atoms with Crippen LogP contribution in [0.5, 0.6) is 5.75 Å². The Balaban J connectivity index is 0.00000400. The molecule has 0 aliphatic carbocycles. The number of carbonyl (C=O) groups excluding carboxylic acids is 1. The predicted octanol–water partition coefficient (Wildman–Crippen LogP) is 1.86. The first-order valence-electron chi connectivity index (χ1n) is 13.1. The fraction of sp³-hybridized carbons (Fsp3) is 0.481. The van der Waals surface area contributed by atoms with Gasteiger partial charge < -0.3 is 22.0 Å². The first kappa shape index (κ1) is 30.3. The van der Waals surface area contributed by atoms with Gasteiger partial charge in [0.25, 0.3) is 5.91 Å². The van der Waals surface area contributed by atoms with E-state index in [0.29, 0.717) is 49.2 Å². The molecule has 4 rings (SSSR count). The third-order valence-electron chi connectivity index (χ3n) is 6.73. The summed E-state index contributed by atoms with van der Waals surface area (Å²) in [5.74, 6) is 0.497. The zero-order valence-corrected chi connectivity index (χ0v) is 24.6. The van der Waals surface area contributed by atoms with Gasteiger partial charge in [-0.15, -0.1) is 0 Å². The molecule has 1 saturated heterocycles. The molecule has 2 aromatic carbocycles. The molecule has 1 aliphatic rings. The Morgan fingerprint density at radius 2 is 1.68 bits per heavy atom. The molecule has 0 atom stereocenters. The van der Waals surface area contributed by atoms with Crippen molar-refractivity contribution in [3.05, 3.63) is 48.0 Å². The highest BCUT2D eigenvalue weighted by atomic mass is 35.5. The van der Waals surface area contributed by atoms with Crippen LogP contribution in [0.4, 0.5) is 5.13 Å². The monoisotopic (exact) mass is 579 g/mol. The number of sulfonamides is 1. The lowest BCUT2D eigenvalue weighted by atomic mass is 10.2. The fourth-order valence-corrected chi connectivity index (χ4v) is 7.07. The van der Waals surface area contributed by atoms with Crippen LogP contribution in [0.2, 0.25) is 0 Å². The second-order valence-electron chi connectivity index (χ2n) is 9.01. The van der Waals surface area contributed by atoms with E-state index in [2.05, 4.69) is 18.7 Å². The molecule has 1 fully saturated rings. The lowest BCUT2D eigenvalue weighted by Crippen LogP contribution is -3.00. The Bertz CT molecular complexity index is 1300. The number of fused-ring (bicyclic) bond motifs is 1. The molecule has 0 spiro atoms. The average molecular weight is 580 g/mol. The number of rotatable bonds is 11. The van der Waals surface area contributed by atoms with E-state index in [-0.39, 0.29) is 23.2 Å². The van der Waals surface area contributed by atoms with E-state index in [1.165, 1.54) is 11.3 Å². The number of hydrogen-bond acceptors (Lipinski definition) is 7. The van der Waals surface area contributed by atoms with Gasteiger partial charge in [0.05, 0.1) is 16.2 Å². The highest BCUT2D eigenvalue weighted by Crippen LogP contribution is 2.35. The number of benzene rings is 2. The van der Waals surface area contributed by atoms with Crippen molar-refractivity contribution in [1.82, 2.24) is 14.2 Å². The zero-order chi connectivity index (χ0) is 26.4. The molecule has 0 unspecified atom stereocenters. The van der Waals surface area contributed by atoms with E-state index in [9.17, 15) is 13.2 Å². The predicted molar refractivity (Wildman–Crippen MR) is 149 cm³/mol. The van der Waals surface area contributed by atoms with Crippen molar-refractivity contribution >= 4 is 42.6 Å². The summed E-state index contributed by atoms with van der Waals surface area (Å²) >= 11 is 1.45. The van der Waals surface area contributed by atoms with Crippen LogP contribution in [0.25, 0.3) is 10.2 Å². The standard InChI is InChI=1S/C27H36N4O4S2.ClH/c1-4-29(5-2)19-20-31(27-28-25-23(35-6-3)11-10-12-24(25)36-27)26(32)21-13-15-22(16-14-21)37(33,34)30-17-8-7-9-18-30;/h10-16H,4-9,17-20H2,1-3H3;1H/p-1. The number of thiazole rings is 1. The Kier molecular flexibility index (Phi) is 10.9. The maximum Gasteiger partial charge on any atom is 0.260 e. The van der Waals surface area contributed by atoms with Gasteiger partial charge in [-0.3, -0.25) is 9.69 Å². The normalized spacial score (nSPS) is 14.4. The molecule has 11 heteroatoms. The molecule has 2 heterocycles. The van der Waals surface area contributed by atoms with Crippen molar-refractivity contribution in [3.8, 4) is 5.75 Å². The van der Waals surface area contributed by atoms with Crippen LogP contribution in [-0.2, 0) is 10.0 Å². The first-order valence-corrected chi connectivity index (χ1v) is 15.3. The summed E-state index contributed by atoms with van der Waals surface area (Å²) in [6, 6.07) is 12.1. The van der Waals surface area contributed by atoms with Crippen LogP contribution < -0.4 is 22.0 Å². The number of carbonyl (C=O) groups is 1. The van der Waals surface area contributed by atoms with Gasteiger partial charge in [-0.25, -0.2) is 13.4 Å². The number of ether oxygens (including phenoxy) is 1. The summed E-state index contributed by atoms with van der Waals surface area (Å²) in [6.45, 7) is 10.7. The third kappa shape index (κ3) is 6.66. The Hall–Kier alpha value is -2.24. The van der Waals surface area contributed by atoms with Crippen LogP contribution in [0, 0.1) is 0 Å². The molecular formula is C27H36ClN4O4S2-. The van der Waals surface area contributed by atoms with Crippen molar-refractivity contribution in [2.45, 2.75) is 44.9 Å². The molecule has 38 heavy (non-hydrogen) atoms. The Labute approximate surface area is 236 Å². The quantitative estimate of drug-likeness (QED) is 0.345.